The summed E-state index contributed by atoms with van der Waals surface area (Å²) >= 11 is 0. The first-order valence-corrected chi connectivity index (χ1v) is 4.53. The van der Waals surface area contributed by atoms with Gasteiger partial charge in [-0.05, 0) is 35.9 Å². The fourth-order valence-corrected chi connectivity index (χ4v) is 1.59. The maximum absolute atomic E-state index is 12.9. The molecule has 0 heterocycles. The van der Waals surface area contributed by atoms with Gasteiger partial charge < -0.3 is 0 Å². The van der Waals surface area contributed by atoms with Crippen LogP contribution in [0.15, 0.2) is 24.3 Å². The van der Waals surface area contributed by atoms with Crippen molar-refractivity contribution in [3.8, 4) is 0 Å². The Bertz CT molecular complexity index is 596. The maximum Gasteiger partial charge on any atom is 0.272 e. The third-order valence-electron chi connectivity index (χ3n) is 2.39. The number of halogens is 2. The summed E-state index contributed by atoms with van der Waals surface area (Å²) in [4.78, 5) is 10.1. The molecule has 0 aliphatic heterocycles. The summed E-state index contributed by atoms with van der Waals surface area (Å²) in [7, 11) is 0. The van der Waals surface area contributed by atoms with E-state index in [4.69, 9.17) is 0 Å². The molecule has 0 unspecified atom stereocenters. The molecule has 0 spiro atoms. The Morgan fingerprint density at radius 3 is 2.06 bits per heavy atom. The van der Waals surface area contributed by atoms with Crippen molar-refractivity contribution < 1.29 is 13.7 Å². The number of hydrogen-bond donors (Lipinski definition) is 0. The van der Waals surface area contributed by atoms with Gasteiger partial charge in [-0.3, -0.25) is 10.1 Å². The lowest BCUT2D eigenvalue weighted by Crippen LogP contribution is -1.93. The van der Waals surface area contributed by atoms with Crippen LogP contribution in [-0.4, -0.2) is 4.92 Å². The Hall–Kier alpha value is -2.04. The lowest BCUT2D eigenvalue weighted by Gasteiger charge is -2.02. The van der Waals surface area contributed by atoms with E-state index in [1.54, 1.807) is 6.92 Å². The van der Waals surface area contributed by atoms with E-state index in [9.17, 15) is 18.9 Å². The van der Waals surface area contributed by atoms with Crippen molar-refractivity contribution in [3.63, 3.8) is 0 Å². The summed E-state index contributed by atoms with van der Waals surface area (Å²) in [5, 5.41) is 11.4. The molecule has 0 saturated carbocycles. The first-order chi connectivity index (χ1) is 7.49. The summed E-state index contributed by atoms with van der Waals surface area (Å²) in [6, 6.07) is 4.70. The zero-order chi connectivity index (χ0) is 11.9. The molecule has 82 valence electrons. The zero-order valence-electron chi connectivity index (χ0n) is 8.33. The predicted molar refractivity (Wildman–Crippen MR) is 55.3 cm³/mol. The molecule has 0 N–H and O–H groups in total. The molecule has 0 aliphatic carbocycles. The van der Waals surface area contributed by atoms with E-state index in [0.29, 0.717) is 16.3 Å². The fraction of sp³-hybridized carbons (Fsp3) is 0.0909. The Morgan fingerprint density at radius 2 is 1.56 bits per heavy atom. The largest absolute Gasteiger partial charge is 0.272 e. The van der Waals surface area contributed by atoms with Gasteiger partial charge in [0.2, 0.25) is 0 Å². The van der Waals surface area contributed by atoms with Gasteiger partial charge in [-0.2, -0.15) is 0 Å². The molecular formula is C11H7F2NO2. The van der Waals surface area contributed by atoms with E-state index in [-0.39, 0.29) is 5.69 Å². The number of benzene rings is 2. The fourth-order valence-electron chi connectivity index (χ4n) is 1.59. The second-order valence-corrected chi connectivity index (χ2v) is 3.51. The van der Waals surface area contributed by atoms with E-state index in [1.165, 1.54) is 12.1 Å². The summed E-state index contributed by atoms with van der Waals surface area (Å²) < 4.78 is 25.9. The number of nitrogens with zero attached hydrogens (tertiary/aromatic N) is 1. The molecule has 3 nitrogen and oxygen atoms in total. The van der Waals surface area contributed by atoms with Gasteiger partial charge in [-0.25, -0.2) is 8.78 Å². The van der Waals surface area contributed by atoms with Gasteiger partial charge >= 0.3 is 0 Å². The Labute approximate surface area is 89.5 Å². The molecule has 0 atom stereocenters. The van der Waals surface area contributed by atoms with E-state index in [2.05, 4.69) is 0 Å². The standard InChI is InChI=1S/C11H7F2NO2/c1-6-2-7-3-9(12)10(13)4-8(7)5-11(6)14(15)16/h2-5H,1H3. The lowest BCUT2D eigenvalue weighted by atomic mass is 10.1. The third-order valence-corrected chi connectivity index (χ3v) is 2.39. The van der Waals surface area contributed by atoms with Crippen LogP contribution < -0.4 is 0 Å². The number of nitro benzene ring substituents is 1. The van der Waals surface area contributed by atoms with Crippen LogP contribution >= 0.6 is 0 Å². The van der Waals surface area contributed by atoms with E-state index in [0.717, 1.165) is 12.1 Å². The van der Waals surface area contributed by atoms with Gasteiger partial charge in [0.15, 0.2) is 11.6 Å². The predicted octanol–water partition coefficient (Wildman–Crippen LogP) is 3.33. The second-order valence-electron chi connectivity index (χ2n) is 3.51. The van der Waals surface area contributed by atoms with Crippen molar-refractivity contribution in [2.24, 2.45) is 0 Å². The molecule has 16 heavy (non-hydrogen) atoms. The third kappa shape index (κ3) is 1.60. The maximum atomic E-state index is 12.9. The van der Waals surface area contributed by atoms with Gasteiger partial charge in [0.05, 0.1) is 4.92 Å². The van der Waals surface area contributed by atoms with Crippen LogP contribution in [0.5, 0.6) is 0 Å². The highest BCUT2D eigenvalue weighted by Crippen LogP contribution is 2.26. The SMILES string of the molecule is Cc1cc2cc(F)c(F)cc2cc1[N+](=O)[O-]. The van der Waals surface area contributed by atoms with E-state index >= 15 is 0 Å². The highest BCUT2D eigenvalue weighted by atomic mass is 19.2. The number of aryl methyl sites for hydroxylation is 1. The van der Waals surface area contributed by atoms with Crippen LogP contribution in [0.25, 0.3) is 10.8 Å². The van der Waals surface area contributed by atoms with Crippen LogP contribution in [0, 0.1) is 28.7 Å². The smallest absolute Gasteiger partial charge is 0.258 e. The molecule has 2 aromatic rings. The minimum atomic E-state index is -1.01. The summed E-state index contributed by atoms with van der Waals surface area (Å²) in [6.45, 7) is 1.55. The first-order valence-electron chi connectivity index (χ1n) is 4.53. The molecule has 0 aliphatic rings. The molecular weight excluding hydrogens is 216 g/mol. The van der Waals surface area contributed by atoms with Crippen molar-refractivity contribution in [1.29, 1.82) is 0 Å². The molecule has 2 rings (SSSR count). The van der Waals surface area contributed by atoms with Crippen LogP contribution in [-0.2, 0) is 0 Å². The van der Waals surface area contributed by atoms with Gasteiger partial charge in [-0.1, -0.05) is 0 Å². The topological polar surface area (TPSA) is 43.1 Å². The quantitative estimate of drug-likeness (QED) is 0.549. The molecule has 2 aromatic carbocycles. The van der Waals surface area contributed by atoms with Gasteiger partial charge in [0.25, 0.3) is 5.69 Å². The molecule has 5 heteroatoms. The van der Waals surface area contributed by atoms with Crippen molar-refractivity contribution in [2.75, 3.05) is 0 Å². The first kappa shape index (κ1) is 10.5. The van der Waals surface area contributed by atoms with E-state index in [1.807, 2.05) is 0 Å². The molecule has 0 aromatic heterocycles. The zero-order valence-corrected chi connectivity index (χ0v) is 8.33. The number of nitro groups is 1. The number of rotatable bonds is 1. The highest BCUT2D eigenvalue weighted by molar-refractivity contribution is 5.86. The van der Waals surface area contributed by atoms with Gasteiger partial charge in [-0.15, -0.1) is 0 Å². The second kappa shape index (κ2) is 3.52. The molecule has 0 radical (unpaired) electrons. The summed E-state index contributed by atoms with van der Waals surface area (Å²) in [5.41, 5.74) is 0.321. The highest BCUT2D eigenvalue weighted by Gasteiger charge is 2.13. The van der Waals surface area contributed by atoms with Crippen molar-refractivity contribution in [3.05, 3.63) is 51.6 Å². The van der Waals surface area contributed by atoms with Crippen LogP contribution in [0.2, 0.25) is 0 Å². The molecule has 0 amide bonds. The summed E-state index contributed by atoms with van der Waals surface area (Å²) in [5.74, 6) is -1.97. The van der Waals surface area contributed by atoms with E-state index < -0.39 is 16.6 Å². The van der Waals surface area contributed by atoms with Gasteiger partial charge in [0.1, 0.15) is 0 Å². The Balaban J connectivity index is 2.79. The molecule has 0 saturated heterocycles. The lowest BCUT2D eigenvalue weighted by molar-refractivity contribution is -0.385. The summed E-state index contributed by atoms with van der Waals surface area (Å²) in [6.07, 6.45) is 0. The number of fused-ring (bicyclic) bond motifs is 1. The normalized spacial score (nSPS) is 10.7. The van der Waals surface area contributed by atoms with Gasteiger partial charge in [0, 0.05) is 11.6 Å². The average molecular weight is 223 g/mol. The van der Waals surface area contributed by atoms with Crippen molar-refractivity contribution >= 4 is 16.5 Å². The monoisotopic (exact) mass is 223 g/mol. The van der Waals surface area contributed by atoms with Crippen LogP contribution in [0.4, 0.5) is 14.5 Å². The minimum Gasteiger partial charge on any atom is -0.258 e. The van der Waals surface area contributed by atoms with Crippen LogP contribution in [0.1, 0.15) is 5.56 Å². The Morgan fingerprint density at radius 1 is 1.06 bits per heavy atom. The molecule has 0 fully saturated rings. The van der Waals surface area contributed by atoms with Crippen LogP contribution in [0.3, 0.4) is 0 Å². The number of hydrogen-bond acceptors (Lipinski definition) is 2. The Kier molecular flexibility index (Phi) is 2.30. The van der Waals surface area contributed by atoms with Crippen molar-refractivity contribution in [2.45, 2.75) is 6.92 Å². The minimum absolute atomic E-state index is 0.0986. The average Bonchev–Trinajstić information content (AvgIpc) is 2.19. The van der Waals surface area contributed by atoms with Crippen molar-refractivity contribution in [1.82, 2.24) is 0 Å². The molecule has 0 bridgehead atoms.